The van der Waals surface area contributed by atoms with Crippen molar-refractivity contribution in [3.05, 3.63) is 36.0 Å². The fourth-order valence-electron chi connectivity index (χ4n) is 1.57. The van der Waals surface area contributed by atoms with Crippen LogP contribution in [0.4, 0.5) is 0 Å². The molecule has 0 bridgehead atoms. The summed E-state index contributed by atoms with van der Waals surface area (Å²) in [5.41, 5.74) is 1.27. The summed E-state index contributed by atoms with van der Waals surface area (Å²) < 4.78 is 0. The van der Waals surface area contributed by atoms with Gasteiger partial charge in [-0.1, -0.05) is 6.07 Å². The first kappa shape index (κ1) is 10.7. The lowest BCUT2D eigenvalue weighted by Gasteiger charge is -2.14. The predicted molar refractivity (Wildman–Crippen MR) is 56.9 cm³/mol. The van der Waals surface area contributed by atoms with Crippen molar-refractivity contribution in [1.82, 2.24) is 4.98 Å². The monoisotopic (exact) mass is 221 g/mol. The third-order valence-electron chi connectivity index (χ3n) is 2.47. The molecule has 2 rings (SSSR count). The summed E-state index contributed by atoms with van der Waals surface area (Å²) in [6.45, 7) is 0. The Bertz CT molecular complexity index is 519. The first-order valence-corrected chi connectivity index (χ1v) is 4.75. The minimum absolute atomic E-state index is 0.377. The first-order chi connectivity index (χ1) is 7.59. The molecular formula is C11H11NO4. The van der Waals surface area contributed by atoms with Gasteiger partial charge in [0.15, 0.2) is 6.10 Å². The fourth-order valence-corrected chi connectivity index (χ4v) is 1.57. The number of nitrogens with one attached hydrogen (secondary N) is 1. The lowest BCUT2D eigenvalue weighted by molar-refractivity contribution is -0.153. The first-order valence-electron chi connectivity index (χ1n) is 4.75. The SMILES string of the molecule is O=C(O)C(O)C(O)c1ccc2[nH]ccc2c1. The maximum atomic E-state index is 10.5. The number of benzene rings is 1. The molecule has 1 aromatic carbocycles. The number of fused-ring (bicyclic) bond motifs is 1. The Hall–Kier alpha value is -1.85. The second-order valence-corrected chi connectivity index (χ2v) is 3.55. The topological polar surface area (TPSA) is 93.6 Å². The minimum Gasteiger partial charge on any atom is -0.479 e. The van der Waals surface area contributed by atoms with Crippen LogP contribution in [0.5, 0.6) is 0 Å². The summed E-state index contributed by atoms with van der Waals surface area (Å²) in [5.74, 6) is -1.44. The van der Waals surface area contributed by atoms with Crippen LogP contribution in [0.25, 0.3) is 10.9 Å². The molecule has 16 heavy (non-hydrogen) atoms. The molecule has 0 aliphatic heterocycles. The van der Waals surface area contributed by atoms with Gasteiger partial charge in [0.05, 0.1) is 0 Å². The Balaban J connectivity index is 2.35. The predicted octanol–water partition coefficient (Wildman–Crippen LogP) is 0.647. The number of aliphatic hydroxyl groups excluding tert-OH is 2. The van der Waals surface area contributed by atoms with Crippen LogP contribution < -0.4 is 0 Å². The molecule has 0 fully saturated rings. The van der Waals surface area contributed by atoms with Crippen LogP contribution in [0.3, 0.4) is 0 Å². The molecule has 0 aliphatic rings. The molecule has 1 heterocycles. The van der Waals surface area contributed by atoms with Crippen molar-refractivity contribution >= 4 is 16.9 Å². The van der Waals surface area contributed by atoms with Crippen molar-refractivity contribution in [2.24, 2.45) is 0 Å². The maximum Gasteiger partial charge on any atom is 0.335 e. The van der Waals surface area contributed by atoms with Gasteiger partial charge in [0.1, 0.15) is 6.10 Å². The van der Waals surface area contributed by atoms with Crippen LogP contribution >= 0.6 is 0 Å². The number of carbonyl (C=O) groups is 1. The molecule has 0 saturated carbocycles. The van der Waals surface area contributed by atoms with Gasteiger partial charge in [-0.25, -0.2) is 4.79 Å². The highest BCUT2D eigenvalue weighted by atomic mass is 16.4. The zero-order valence-corrected chi connectivity index (χ0v) is 8.29. The number of hydrogen-bond acceptors (Lipinski definition) is 3. The van der Waals surface area contributed by atoms with E-state index in [1.165, 1.54) is 0 Å². The largest absolute Gasteiger partial charge is 0.479 e. The number of aromatic nitrogens is 1. The minimum atomic E-state index is -1.81. The molecule has 4 N–H and O–H groups in total. The van der Waals surface area contributed by atoms with Gasteiger partial charge in [-0.05, 0) is 29.1 Å². The van der Waals surface area contributed by atoms with Crippen molar-refractivity contribution < 1.29 is 20.1 Å². The molecule has 0 saturated heterocycles. The number of rotatable bonds is 3. The molecule has 84 valence electrons. The van der Waals surface area contributed by atoms with E-state index in [9.17, 15) is 15.0 Å². The molecule has 2 unspecified atom stereocenters. The van der Waals surface area contributed by atoms with Crippen molar-refractivity contribution in [3.63, 3.8) is 0 Å². The summed E-state index contributed by atoms with van der Waals surface area (Å²) >= 11 is 0. The lowest BCUT2D eigenvalue weighted by atomic mass is 10.0. The third-order valence-corrected chi connectivity index (χ3v) is 2.47. The Morgan fingerprint density at radius 1 is 1.25 bits per heavy atom. The van der Waals surface area contributed by atoms with Crippen LogP contribution in [0.15, 0.2) is 30.5 Å². The van der Waals surface area contributed by atoms with E-state index in [1.54, 1.807) is 30.5 Å². The molecule has 0 radical (unpaired) electrons. The average Bonchev–Trinajstić information content (AvgIpc) is 2.73. The number of carboxylic acids is 1. The summed E-state index contributed by atoms with van der Waals surface area (Å²) in [4.78, 5) is 13.5. The highest BCUT2D eigenvalue weighted by molar-refractivity contribution is 5.80. The highest BCUT2D eigenvalue weighted by Gasteiger charge is 2.25. The van der Waals surface area contributed by atoms with E-state index in [0.29, 0.717) is 5.56 Å². The van der Waals surface area contributed by atoms with E-state index in [4.69, 9.17) is 5.11 Å². The summed E-state index contributed by atoms with van der Waals surface area (Å²) in [7, 11) is 0. The van der Waals surface area contributed by atoms with E-state index >= 15 is 0 Å². The molecule has 2 atom stereocenters. The van der Waals surface area contributed by atoms with Crippen LogP contribution in [-0.4, -0.2) is 32.4 Å². The lowest BCUT2D eigenvalue weighted by Crippen LogP contribution is -2.27. The van der Waals surface area contributed by atoms with Gasteiger partial charge in [-0.15, -0.1) is 0 Å². The van der Waals surface area contributed by atoms with Crippen molar-refractivity contribution in [2.75, 3.05) is 0 Å². The van der Waals surface area contributed by atoms with Crippen LogP contribution in [0, 0.1) is 0 Å². The van der Waals surface area contributed by atoms with E-state index in [0.717, 1.165) is 10.9 Å². The zero-order chi connectivity index (χ0) is 11.7. The van der Waals surface area contributed by atoms with Gasteiger partial charge in [-0.2, -0.15) is 0 Å². The van der Waals surface area contributed by atoms with E-state index in [1.807, 2.05) is 0 Å². The summed E-state index contributed by atoms with van der Waals surface area (Å²) in [6.07, 6.45) is -1.48. The molecule has 0 spiro atoms. The molecule has 1 aromatic heterocycles. The van der Waals surface area contributed by atoms with Crippen molar-refractivity contribution in [1.29, 1.82) is 0 Å². The summed E-state index contributed by atoms with van der Waals surface area (Å²) in [5, 5.41) is 28.3. The van der Waals surface area contributed by atoms with Gasteiger partial charge >= 0.3 is 5.97 Å². The molecule has 5 nitrogen and oxygen atoms in total. The van der Waals surface area contributed by atoms with E-state index < -0.39 is 18.2 Å². The molecular weight excluding hydrogens is 210 g/mol. The number of aliphatic carboxylic acids is 1. The van der Waals surface area contributed by atoms with Gasteiger partial charge < -0.3 is 20.3 Å². The Morgan fingerprint density at radius 2 is 2.00 bits per heavy atom. The number of H-pyrrole nitrogens is 1. The van der Waals surface area contributed by atoms with Crippen molar-refractivity contribution in [3.8, 4) is 0 Å². The van der Waals surface area contributed by atoms with Gasteiger partial charge in [-0.3, -0.25) is 0 Å². The molecule has 0 aliphatic carbocycles. The fraction of sp³-hybridized carbons (Fsp3) is 0.182. The quantitative estimate of drug-likeness (QED) is 0.612. The number of aromatic amines is 1. The standard InChI is InChI=1S/C11H11NO4/c13-9(10(14)11(15)16)7-1-2-8-6(5-7)3-4-12-8/h1-5,9-10,12-14H,(H,15,16). The van der Waals surface area contributed by atoms with Crippen LogP contribution in [0.2, 0.25) is 0 Å². The number of hydrogen-bond donors (Lipinski definition) is 4. The highest BCUT2D eigenvalue weighted by Crippen LogP contribution is 2.21. The Labute approximate surface area is 91.0 Å². The zero-order valence-electron chi connectivity index (χ0n) is 8.29. The number of carboxylic acid groups (broad SMARTS) is 1. The second kappa shape index (κ2) is 3.96. The average molecular weight is 221 g/mol. The van der Waals surface area contributed by atoms with E-state index in [2.05, 4.69) is 4.98 Å². The maximum absolute atomic E-state index is 10.5. The molecule has 0 amide bonds. The number of aliphatic hydroxyl groups is 2. The molecule has 2 aromatic rings. The molecule has 5 heteroatoms. The van der Waals surface area contributed by atoms with Crippen molar-refractivity contribution in [2.45, 2.75) is 12.2 Å². The Kier molecular flexibility index (Phi) is 2.64. The second-order valence-electron chi connectivity index (χ2n) is 3.55. The Morgan fingerprint density at radius 3 is 2.69 bits per heavy atom. The summed E-state index contributed by atoms with van der Waals surface area (Å²) in [6, 6.07) is 6.75. The smallest absolute Gasteiger partial charge is 0.335 e. The third kappa shape index (κ3) is 1.78. The van der Waals surface area contributed by atoms with Crippen LogP contribution in [0.1, 0.15) is 11.7 Å². The van der Waals surface area contributed by atoms with Gasteiger partial charge in [0.2, 0.25) is 0 Å². The van der Waals surface area contributed by atoms with Gasteiger partial charge in [0, 0.05) is 11.7 Å². The van der Waals surface area contributed by atoms with E-state index in [-0.39, 0.29) is 0 Å². The van der Waals surface area contributed by atoms with Gasteiger partial charge in [0.25, 0.3) is 0 Å². The van der Waals surface area contributed by atoms with Crippen LogP contribution in [-0.2, 0) is 4.79 Å². The normalized spacial score (nSPS) is 14.9.